The van der Waals surface area contributed by atoms with Gasteiger partial charge in [0.15, 0.2) is 0 Å². The van der Waals surface area contributed by atoms with Crippen LogP contribution < -0.4 is 5.32 Å². The summed E-state index contributed by atoms with van der Waals surface area (Å²) in [4.78, 5) is 7.30. The highest BCUT2D eigenvalue weighted by atomic mass is 16.5. The molecule has 1 heterocycles. The zero-order chi connectivity index (χ0) is 11.8. The fourth-order valence-electron chi connectivity index (χ4n) is 1.44. The Morgan fingerprint density at radius 2 is 2.25 bits per heavy atom. The lowest BCUT2D eigenvalue weighted by atomic mass is 10.3. The second-order valence-electron chi connectivity index (χ2n) is 4.28. The van der Waals surface area contributed by atoms with E-state index in [1.165, 1.54) is 0 Å². The Morgan fingerprint density at radius 3 is 2.88 bits per heavy atom. The van der Waals surface area contributed by atoms with Crippen LogP contribution in [0.15, 0.2) is 6.33 Å². The van der Waals surface area contributed by atoms with E-state index < -0.39 is 0 Å². The molecule has 0 aliphatic rings. The van der Waals surface area contributed by atoms with Crippen molar-refractivity contribution in [3.63, 3.8) is 0 Å². The van der Waals surface area contributed by atoms with Gasteiger partial charge in [0.2, 0.25) is 0 Å². The first-order valence-corrected chi connectivity index (χ1v) is 6.01. The van der Waals surface area contributed by atoms with Gasteiger partial charge in [0.1, 0.15) is 0 Å². The van der Waals surface area contributed by atoms with Crippen LogP contribution in [0.4, 0.5) is 0 Å². The van der Waals surface area contributed by atoms with E-state index in [4.69, 9.17) is 4.74 Å². The van der Waals surface area contributed by atoms with Crippen molar-refractivity contribution in [3.05, 3.63) is 17.7 Å². The zero-order valence-electron chi connectivity index (χ0n) is 10.5. The van der Waals surface area contributed by atoms with Gasteiger partial charge in [-0.2, -0.15) is 0 Å². The van der Waals surface area contributed by atoms with E-state index in [1.54, 1.807) is 6.33 Å². The van der Waals surface area contributed by atoms with Gasteiger partial charge >= 0.3 is 0 Å². The molecule has 0 unspecified atom stereocenters. The molecule has 16 heavy (non-hydrogen) atoms. The average molecular weight is 225 g/mol. The summed E-state index contributed by atoms with van der Waals surface area (Å²) in [5.41, 5.74) is 2.26. The number of ether oxygens (including phenoxy) is 1. The van der Waals surface area contributed by atoms with Gasteiger partial charge in [-0.15, -0.1) is 0 Å². The minimum atomic E-state index is 0.347. The van der Waals surface area contributed by atoms with Crippen LogP contribution in [-0.2, 0) is 11.3 Å². The Kier molecular flexibility index (Phi) is 6.11. The number of unbranched alkanes of at least 4 members (excludes halogenated alkanes) is 1. The van der Waals surface area contributed by atoms with Crippen molar-refractivity contribution in [2.75, 3.05) is 13.2 Å². The van der Waals surface area contributed by atoms with Gasteiger partial charge in [-0.25, -0.2) is 4.98 Å². The lowest BCUT2D eigenvalue weighted by Gasteiger charge is -2.07. The highest BCUT2D eigenvalue weighted by Gasteiger charge is 1.99. The van der Waals surface area contributed by atoms with Crippen molar-refractivity contribution in [2.24, 2.45) is 0 Å². The van der Waals surface area contributed by atoms with Gasteiger partial charge in [-0.1, -0.05) is 0 Å². The summed E-state index contributed by atoms with van der Waals surface area (Å²) in [6, 6.07) is 0. The number of rotatable bonds is 8. The molecule has 0 atom stereocenters. The molecular weight excluding hydrogens is 202 g/mol. The Bertz CT molecular complexity index is 284. The van der Waals surface area contributed by atoms with E-state index in [1.807, 2.05) is 6.92 Å². The SMILES string of the molecule is Cc1[nH]cnc1CNCCCCOC(C)C. The lowest BCUT2D eigenvalue weighted by molar-refractivity contribution is 0.0760. The van der Waals surface area contributed by atoms with Crippen molar-refractivity contribution in [3.8, 4) is 0 Å². The van der Waals surface area contributed by atoms with Gasteiger partial charge in [0.25, 0.3) is 0 Å². The van der Waals surface area contributed by atoms with Gasteiger partial charge in [-0.05, 0) is 40.2 Å². The molecular formula is C12H23N3O. The number of hydrogen-bond donors (Lipinski definition) is 2. The Balaban J connectivity index is 1.94. The van der Waals surface area contributed by atoms with Gasteiger partial charge in [-0.3, -0.25) is 0 Å². The lowest BCUT2D eigenvalue weighted by Crippen LogP contribution is -2.16. The molecule has 0 saturated carbocycles. The van der Waals surface area contributed by atoms with Crippen LogP contribution in [0.5, 0.6) is 0 Å². The van der Waals surface area contributed by atoms with E-state index in [9.17, 15) is 0 Å². The number of nitrogens with one attached hydrogen (secondary N) is 2. The summed E-state index contributed by atoms with van der Waals surface area (Å²) in [5.74, 6) is 0. The molecule has 0 amide bonds. The third-order valence-electron chi connectivity index (χ3n) is 2.43. The number of H-pyrrole nitrogens is 1. The van der Waals surface area contributed by atoms with Gasteiger partial charge in [0.05, 0.1) is 18.1 Å². The first-order valence-electron chi connectivity index (χ1n) is 6.01. The van der Waals surface area contributed by atoms with Crippen LogP contribution in [0.25, 0.3) is 0 Å². The van der Waals surface area contributed by atoms with Gasteiger partial charge < -0.3 is 15.0 Å². The molecule has 0 radical (unpaired) electrons. The minimum Gasteiger partial charge on any atom is -0.379 e. The molecule has 0 aliphatic carbocycles. The quantitative estimate of drug-likeness (QED) is 0.665. The highest BCUT2D eigenvalue weighted by molar-refractivity contribution is 5.07. The fourth-order valence-corrected chi connectivity index (χ4v) is 1.44. The zero-order valence-corrected chi connectivity index (χ0v) is 10.5. The standard InChI is InChI=1S/C12H23N3O/c1-10(2)16-7-5-4-6-13-8-12-11(3)14-9-15-12/h9-10,13H,4-8H2,1-3H3,(H,14,15). The Labute approximate surface area is 97.8 Å². The second kappa shape index (κ2) is 7.41. The topological polar surface area (TPSA) is 49.9 Å². The van der Waals surface area contributed by atoms with E-state index in [0.717, 1.165) is 43.9 Å². The smallest absolute Gasteiger partial charge is 0.0925 e. The van der Waals surface area contributed by atoms with Crippen LogP contribution in [0, 0.1) is 6.92 Å². The van der Waals surface area contributed by atoms with E-state index in [-0.39, 0.29) is 0 Å². The molecule has 1 rings (SSSR count). The molecule has 92 valence electrons. The molecule has 1 aromatic rings. The summed E-state index contributed by atoms with van der Waals surface area (Å²) < 4.78 is 5.47. The van der Waals surface area contributed by atoms with E-state index >= 15 is 0 Å². The maximum atomic E-state index is 5.47. The summed E-state index contributed by atoms with van der Waals surface area (Å²) >= 11 is 0. The Morgan fingerprint density at radius 1 is 1.44 bits per heavy atom. The molecule has 0 spiro atoms. The first-order chi connectivity index (χ1) is 7.70. The van der Waals surface area contributed by atoms with Crippen molar-refractivity contribution in [2.45, 2.75) is 46.3 Å². The molecule has 0 fully saturated rings. The maximum absolute atomic E-state index is 5.47. The van der Waals surface area contributed by atoms with Crippen LogP contribution in [0.3, 0.4) is 0 Å². The van der Waals surface area contributed by atoms with Gasteiger partial charge in [0, 0.05) is 18.8 Å². The van der Waals surface area contributed by atoms with Crippen LogP contribution >= 0.6 is 0 Å². The largest absolute Gasteiger partial charge is 0.379 e. The summed E-state index contributed by atoms with van der Waals surface area (Å²) in [5, 5.41) is 3.38. The summed E-state index contributed by atoms with van der Waals surface area (Å²) in [6.45, 7) is 8.91. The van der Waals surface area contributed by atoms with Crippen LogP contribution in [0.1, 0.15) is 38.1 Å². The third-order valence-corrected chi connectivity index (χ3v) is 2.43. The molecule has 4 nitrogen and oxygen atoms in total. The Hall–Kier alpha value is -0.870. The van der Waals surface area contributed by atoms with Crippen molar-refractivity contribution < 1.29 is 4.74 Å². The molecule has 1 aromatic heterocycles. The van der Waals surface area contributed by atoms with E-state index in [2.05, 4.69) is 29.1 Å². The maximum Gasteiger partial charge on any atom is 0.0925 e. The number of imidazole rings is 1. The predicted octanol–water partition coefficient (Wildman–Crippen LogP) is 2.01. The first kappa shape index (κ1) is 13.2. The van der Waals surface area contributed by atoms with Crippen LogP contribution in [0.2, 0.25) is 0 Å². The predicted molar refractivity (Wildman–Crippen MR) is 65.4 cm³/mol. The van der Waals surface area contributed by atoms with Crippen molar-refractivity contribution in [1.29, 1.82) is 0 Å². The number of hydrogen-bond acceptors (Lipinski definition) is 3. The highest BCUT2D eigenvalue weighted by Crippen LogP contribution is 1.99. The molecule has 0 bridgehead atoms. The number of nitrogens with zero attached hydrogens (tertiary/aromatic N) is 1. The molecule has 2 N–H and O–H groups in total. The molecule has 0 aliphatic heterocycles. The fraction of sp³-hybridized carbons (Fsp3) is 0.750. The number of aromatic amines is 1. The van der Waals surface area contributed by atoms with Crippen LogP contribution in [-0.4, -0.2) is 29.2 Å². The number of aryl methyl sites for hydroxylation is 1. The van der Waals surface area contributed by atoms with Crippen molar-refractivity contribution in [1.82, 2.24) is 15.3 Å². The number of aromatic nitrogens is 2. The summed E-state index contributed by atoms with van der Waals surface area (Å²) in [7, 11) is 0. The normalized spacial score (nSPS) is 11.2. The van der Waals surface area contributed by atoms with Crippen molar-refractivity contribution >= 4 is 0 Å². The second-order valence-corrected chi connectivity index (χ2v) is 4.28. The molecule has 0 saturated heterocycles. The monoisotopic (exact) mass is 225 g/mol. The average Bonchev–Trinajstić information content (AvgIpc) is 2.62. The molecule has 0 aromatic carbocycles. The third kappa shape index (κ3) is 5.28. The summed E-state index contributed by atoms with van der Waals surface area (Å²) in [6.07, 6.45) is 4.35. The minimum absolute atomic E-state index is 0.347. The molecule has 4 heteroatoms. The van der Waals surface area contributed by atoms with E-state index in [0.29, 0.717) is 6.10 Å².